The van der Waals surface area contributed by atoms with Crippen LogP contribution in [0, 0.1) is 0 Å². The topological polar surface area (TPSA) is 78.5 Å². The Kier molecular flexibility index (Phi) is 6.37. The van der Waals surface area contributed by atoms with E-state index in [4.69, 9.17) is 13.9 Å². The summed E-state index contributed by atoms with van der Waals surface area (Å²) in [5.74, 6) is 1.85. The maximum Gasteiger partial charge on any atom is 0.271 e. The van der Waals surface area contributed by atoms with Crippen LogP contribution in [0.15, 0.2) is 47.1 Å². The van der Waals surface area contributed by atoms with Gasteiger partial charge in [-0.3, -0.25) is 9.48 Å². The molecule has 0 spiro atoms. The fourth-order valence-electron chi connectivity index (χ4n) is 2.98. The van der Waals surface area contributed by atoms with Gasteiger partial charge in [-0.1, -0.05) is 13.0 Å². The molecule has 7 nitrogen and oxygen atoms in total. The number of furan rings is 1. The highest BCUT2D eigenvalue weighted by molar-refractivity contribution is 5.93. The van der Waals surface area contributed by atoms with Crippen LogP contribution in [0.3, 0.4) is 0 Å². The third-order valence-corrected chi connectivity index (χ3v) is 4.37. The second-order valence-corrected chi connectivity index (χ2v) is 6.31. The molecule has 0 aliphatic rings. The molecule has 0 unspecified atom stereocenters. The quantitative estimate of drug-likeness (QED) is 0.611. The number of hydrogen-bond acceptors (Lipinski definition) is 5. The molecule has 0 aliphatic carbocycles. The highest BCUT2D eigenvalue weighted by atomic mass is 16.5. The molecule has 0 fully saturated rings. The molecule has 3 rings (SSSR count). The Morgan fingerprint density at radius 2 is 2.00 bits per heavy atom. The number of carbonyl (C=O) groups is 1. The summed E-state index contributed by atoms with van der Waals surface area (Å²) < 4.78 is 17.8. The van der Waals surface area contributed by atoms with E-state index in [1.165, 1.54) is 0 Å². The maximum absolute atomic E-state index is 12.5. The Balaban J connectivity index is 1.64. The van der Waals surface area contributed by atoms with Gasteiger partial charge in [-0.25, -0.2) is 0 Å². The van der Waals surface area contributed by atoms with Crippen molar-refractivity contribution in [3.8, 4) is 23.0 Å². The summed E-state index contributed by atoms with van der Waals surface area (Å²) in [5, 5.41) is 7.36. The second-order valence-electron chi connectivity index (χ2n) is 6.31. The summed E-state index contributed by atoms with van der Waals surface area (Å²) >= 11 is 0. The van der Waals surface area contributed by atoms with Gasteiger partial charge in [0.15, 0.2) is 23.0 Å². The lowest BCUT2D eigenvalue weighted by Crippen LogP contribution is -2.26. The van der Waals surface area contributed by atoms with E-state index in [2.05, 4.69) is 17.3 Å². The van der Waals surface area contributed by atoms with Gasteiger partial charge < -0.3 is 19.2 Å². The smallest absolute Gasteiger partial charge is 0.271 e. The van der Waals surface area contributed by atoms with Gasteiger partial charge in [0.2, 0.25) is 0 Å². The Morgan fingerprint density at radius 1 is 1.18 bits per heavy atom. The Morgan fingerprint density at radius 3 is 2.68 bits per heavy atom. The zero-order valence-electron chi connectivity index (χ0n) is 16.4. The first-order valence-corrected chi connectivity index (χ1v) is 9.27. The summed E-state index contributed by atoms with van der Waals surface area (Å²) in [7, 11) is 3.21. The molecule has 0 saturated carbocycles. The highest BCUT2D eigenvalue weighted by Gasteiger charge is 2.16. The number of nitrogens with zero attached hydrogens (tertiary/aromatic N) is 2. The minimum atomic E-state index is -0.205. The van der Waals surface area contributed by atoms with Gasteiger partial charge in [0.05, 0.1) is 20.5 Å². The van der Waals surface area contributed by atoms with Crippen molar-refractivity contribution in [3.05, 3.63) is 53.9 Å². The first-order chi connectivity index (χ1) is 13.7. The predicted octanol–water partition coefficient (Wildman–Crippen LogP) is 3.54. The van der Waals surface area contributed by atoms with Crippen molar-refractivity contribution in [2.24, 2.45) is 0 Å². The van der Waals surface area contributed by atoms with Crippen molar-refractivity contribution in [1.29, 1.82) is 0 Å². The minimum Gasteiger partial charge on any atom is -0.493 e. The molecule has 2 heterocycles. The number of methoxy groups -OCH3 is 2. The van der Waals surface area contributed by atoms with E-state index in [0.717, 1.165) is 24.2 Å². The average Bonchev–Trinajstić information content (AvgIpc) is 3.38. The summed E-state index contributed by atoms with van der Waals surface area (Å²) in [6, 6.07) is 11.2. The Labute approximate surface area is 164 Å². The molecule has 0 bridgehead atoms. The monoisotopic (exact) mass is 383 g/mol. The van der Waals surface area contributed by atoms with Crippen LogP contribution in [0.4, 0.5) is 0 Å². The van der Waals surface area contributed by atoms with Crippen LogP contribution in [-0.4, -0.2) is 36.5 Å². The predicted molar refractivity (Wildman–Crippen MR) is 106 cm³/mol. The van der Waals surface area contributed by atoms with Crippen LogP contribution in [0.25, 0.3) is 11.5 Å². The molecule has 28 heavy (non-hydrogen) atoms. The summed E-state index contributed by atoms with van der Waals surface area (Å²) in [4.78, 5) is 12.5. The van der Waals surface area contributed by atoms with Crippen molar-refractivity contribution in [1.82, 2.24) is 15.1 Å². The first-order valence-electron chi connectivity index (χ1n) is 9.27. The zero-order chi connectivity index (χ0) is 19.9. The number of aromatic nitrogens is 2. The number of amides is 1. The van der Waals surface area contributed by atoms with Crippen LogP contribution < -0.4 is 14.8 Å². The van der Waals surface area contributed by atoms with Gasteiger partial charge in [0, 0.05) is 19.2 Å². The Hall–Kier alpha value is -3.22. The van der Waals surface area contributed by atoms with Crippen molar-refractivity contribution >= 4 is 5.91 Å². The number of benzene rings is 1. The van der Waals surface area contributed by atoms with Gasteiger partial charge in [0.1, 0.15) is 5.69 Å². The van der Waals surface area contributed by atoms with Crippen LogP contribution in [0.2, 0.25) is 0 Å². The minimum absolute atomic E-state index is 0.205. The van der Waals surface area contributed by atoms with Crippen molar-refractivity contribution in [2.75, 3.05) is 20.8 Å². The molecule has 1 N–H and O–H groups in total. The van der Waals surface area contributed by atoms with Crippen molar-refractivity contribution in [3.63, 3.8) is 0 Å². The van der Waals surface area contributed by atoms with Crippen LogP contribution in [0.1, 0.15) is 29.4 Å². The lowest BCUT2D eigenvalue weighted by molar-refractivity contribution is 0.0948. The zero-order valence-corrected chi connectivity index (χ0v) is 16.4. The largest absolute Gasteiger partial charge is 0.493 e. The SMILES string of the molecule is CCCn1nc(C(=O)NCCc2ccc(OC)c(OC)c2)cc1-c1ccco1. The van der Waals surface area contributed by atoms with Gasteiger partial charge in [-0.05, 0) is 42.7 Å². The van der Waals surface area contributed by atoms with Crippen molar-refractivity contribution < 1.29 is 18.7 Å². The molecule has 0 aliphatic heterocycles. The van der Waals surface area contributed by atoms with E-state index in [0.29, 0.717) is 35.9 Å². The molecule has 7 heteroatoms. The summed E-state index contributed by atoms with van der Waals surface area (Å²) in [5.41, 5.74) is 2.23. The van der Waals surface area contributed by atoms with E-state index in [-0.39, 0.29) is 5.91 Å². The molecule has 0 saturated heterocycles. The number of rotatable bonds is 9. The lowest BCUT2D eigenvalue weighted by Gasteiger charge is -2.09. The van der Waals surface area contributed by atoms with E-state index in [1.54, 1.807) is 26.5 Å². The van der Waals surface area contributed by atoms with Crippen LogP contribution in [-0.2, 0) is 13.0 Å². The number of nitrogens with one attached hydrogen (secondary N) is 1. The van der Waals surface area contributed by atoms with Gasteiger partial charge in [0.25, 0.3) is 5.91 Å². The van der Waals surface area contributed by atoms with Gasteiger partial charge in [-0.2, -0.15) is 5.10 Å². The van der Waals surface area contributed by atoms with E-state index in [9.17, 15) is 4.79 Å². The molecular weight excluding hydrogens is 358 g/mol. The van der Waals surface area contributed by atoms with E-state index < -0.39 is 0 Å². The van der Waals surface area contributed by atoms with Gasteiger partial charge >= 0.3 is 0 Å². The molecular formula is C21H25N3O4. The third kappa shape index (κ3) is 4.36. The summed E-state index contributed by atoms with van der Waals surface area (Å²) in [6.45, 7) is 3.27. The molecule has 1 amide bonds. The van der Waals surface area contributed by atoms with E-state index >= 15 is 0 Å². The standard InChI is InChI=1S/C21H25N3O4/c1-4-11-24-17(18-6-5-12-28-18)14-16(23-24)21(25)22-10-9-15-7-8-19(26-2)20(13-15)27-3/h5-8,12-14H,4,9-11H2,1-3H3,(H,22,25). The Bertz CT molecular complexity index is 916. The molecule has 1 aromatic carbocycles. The fourth-order valence-corrected chi connectivity index (χ4v) is 2.98. The molecule has 148 valence electrons. The second kappa shape index (κ2) is 9.12. The molecule has 0 radical (unpaired) electrons. The molecule has 0 atom stereocenters. The highest BCUT2D eigenvalue weighted by Crippen LogP contribution is 2.27. The average molecular weight is 383 g/mol. The maximum atomic E-state index is 12.5. The van der Waals surface area contributed by atoms with Crippen LogP contribution in [0.5, 0.6) is 11.5 Å². The first kappa shape index (κ1) is 19.5. The van der Waals surface area contributed by atoms with E-state index in [1.807, 2.05) is 35.0 Å². The lowest BCUT2D eigenvalue weighted by atomic mass is 10.1. The number of hydrogen-bond donors (Lipinski definition) is 1. The number of carbonyl (C=O) groups excluding carboxylic acids is 1. The molecule has 2 aromatic heterocycles. The third-order valence-electron chi connectivity index (χ3n) is 4.37. The fraction of sp³-hybridized carbons (Fsp3) is 0.333. The molecule has 3 aromatic rings. The summed E-state index contributed by atoms with van der Waals surface area (Å²) in [6.07, 6.45) is 3.20. The van der Waals surface area contributed by atoms with Crippen LogP contribution >= 0.6 is 0 Å². The van der Waals surface area contributed by atoms with Gasteiger partial charge in [-0.15, -0.1) is 0 Å². The normalized spacial score (nSPS) is 10.7. The number of aryl methyl sites for hydroxylation is 1. The van der Waals surface area contributed by atoms with Crippen molar-refractivity contribution in [2.45, 2.75) is 26.3 Å². The number of ether oxygens (including phenoxy) is 2.